The molecule has 0 saturated carbocycles. The van der Waals surface area contributed by atoms with E-state index in [2.05, 4.69) is 43.5 Å². The standard InChI is InChI=1S/C20H22N2OS/c1-14-11-19(23-12-16-6-4-3-5-7-16)15(2)10-17(14)18-13-24-20(22-18)8-9-21/h3-7,10-11,13H,8-9,12,21H2,1-2H3. The van der Waals surface area contributed by atoms with Crippen LogP contribution in [0, 0.1) is 13.8 Å². The Morgan fingerprint density at radius 1 is 1.08 bits per heavy atom. The molecule has 0 spiro atoms. The molecule has 0 unspecified atom stereocenters. The molecule has 0 fully saturated rings. The van der Waals surface area contributed by atoms with E-state index < -0.39 is 0 Å². The summed E-state index contributed by atoms with van der Waals surface area (Å²) in [6, 6.07) is 14.5. The smallest absolute Gasteiger partial charge is 0.123 e. The average molecular weight is 338 g/mol. The lowest BCUT2D eigenvalue weighted by molar-refractivity contribution is 0.304. The van der Waals surface area contributed by atoms with Crippen molar-refractivity contribution < 1.29 is 4.74 Å². The van der Waals surface area contributed by atoms with Crippen LogP contribution < -0.4 is 10.5 Å². The molecule has 3 rings (SSSR count). The topological polar surface area (TPSA) is 48.1 Å². The number of aryl methyl sites for hydroxylation is 2. The number of nitrogens with two attached hydrogens (primary N) is 1. The number of rotatable bonds is 6. The van der Waals surface area contributed by atoms with Gasteiger partial charge in [-0.2, -0.15) is 0 Å². The zero-order chi connectivity index (χ0) is 16.9. The van der Waals surface area contributed by atoms with E-state index in [1.54, 1.807) is 11.3 Å². The van der Waals surface area contributed by atoms with Crippen molar-refractivity contribution in [3.63, 3.8) is 0 Å². The SMILES string of the molecule is Cc1cc(-c2csc(CCN)n2)c(C)cc1OCc1ccccc1. The van der Waals surface area contributed by atoms with Gasteiger partial charge in [-0.1, -0.05) is 30.3 Å². The van der Waals surface area contributed by atoms with Gasteiger partial charge in [0.25, 0.3) is 0 Å². The summed E-state index contributed by atoms with van der Waals surface area (Å²) in [5.41, 5.74) is 11.3. The molecule has 1 heterocycles. The van der Waals surface area contributed by atoms with E-state index in [1.807, 2.05) is 18.2 Å². The normalized spacial score (nSPS) is 10.8. The Labute approximate surface area is 147 Å². The second-order valence-corrected chi connectivity index (χ2v) is 6.81. The van der Waals surface area contributed by atoms with Crippen molar-refractivity contribution in [2.45, 2.75) is 26.9 Å². The second kappa shape index (κ2) is 7.60. The summed E-state index contributed by atoms with van der Waals surface area (Å²) in [5, 5.41) is 3.20. The van der Waals surface area contributed by atoms with E-state index in [9.17, 15) is 0 Å². The fourth-order valence-corrected chi connectivity index (χ4v) is 3.44. The number of ether oxygens (including phenoxy) is 1. The molecule has 0 aliphatic heterocycles. The minimum atomic E-state index is 0.581. The summed E-state index contributed by atoms with van der Waals surface area (Å²) in [4.78, 5) is 4.69. The fraction of sp³-hybridized carbons (Fsp3) is 0.250. The van der Waals surface area contributed by atoms with Gasteiger partial charge in [0.05, 0.1) is 10.7 Å². The van der Waals surface area contributed by atoms with E-state index in [1.165, 1.54) is 16.7 Å². The van der Waals surface area contributed by atoms with Crippen LogP contribution in [-0.2, 0) is 13.0 Å². The minimum Gasteiger partial charge on any atom is -0.489 e. The third-order valence-electron chi connectivity index (χ3n) is 3.95. The van der Waals surface area contributed by atoms with Gasteiger partial charge in [0.1, 0.15) is 12.4 Å². The van der Waals surface area contributed by atoms with Crippen molar-refractivity contribution in [2.75, 3.05) is 6.54 Å². The molecule has 0 bridgehead atoms. The summed E-state index contributed by atoms with van der Waals surface area (Å²) in [6.07, 6.45) is 0.834. The van der Waals surface area contributed by atoms with Gasteiger partial charge in [-0.25, -0.2) is 4.98 Å². The molecule has 0 aliphatic carbocycles. The van der Waals surface area contributed by atoms with Crippen molar-refractivity contribution in [1.82, 2.24) is 4.98 Å². The summed E-state index contributed by atoms with van der Waals surface area (Å²) in [5.74, 6) is 0.928. The lowest BCUT2D eigenvalue weighted by atomic mass is 10.0. The molecule has 2 aromatic carbocycles. The van der Waals surface area contributed by atoms with Crippen molar-refractivity contribution >= 4 is 11.3 Å². The number of nitrogens with zero attached hydrogens (tertiary/aromatic N) is 1. The average Bonchev–Trinajstić information content (AvgIpc) is 3.05. The third kappa shape index (κ3) is 3.83. The molecule has 1 aromatic heterocycles. The molecule has 24 heavy (non-hydrogen) atoms. The fourth-order valence-electron chi connectivity index (χ4n) is 2.63. The highest BCUT2D eigenvalue weighted by Crippen LogP contribution is 2.31. The number of thiazole rings is 1. The van der Waals surface area contributed by atoms with Crippen LogP contribution in [0.1, 0.15) is 21.7 Å². The number of hydrogen-bond donors (Lipinski definition) is 1. The molecular weight excluding hydrogens is 316 g/mol. The van der Waals surface area contributed by atoms with Gasteiger partial charge in [-0.05, 0) is 49.2 Å². The molecule has 124 valence electrons. The first kappa shape index (κ1) is 16.7. The zero-order valence-corrected chi connectivity index (χ0v) is 14.9. The van der Waals surface area contributed by atoms with Crippen LogP contribution in [0.3, 0.4) is 0 Å². The maximum Gasteiger partial charge on any atom is 0.123 e. The molecule has 0 aliphatic rings. The number of benzene rings is 2. The lowest BCUT2D eigenvalue weighted by Gasteiger charge is -2.13. The highest BCUT2D eigenvalue weighted by Gasteiger charge is 2.11. The third-order valence-corrected chi connectivity index (χ3v) is 4.85. The zero-order valence-electron chi connectivity index (χ0n) is 14.1. The highest BCUT2D eigenvalue weighted by molar-refractivity contribution is 7.09. The molecule has 0 amide bonds. The predicted octanol–water partition coefficient (Wildman–Crippen LogP) is 4.51. The Hall–Kier alpha value is -2.17. The van der Waals surface area contributed by atoms with E-state index in [0.717, 1.165) is 28.4 Å². The Balaban J connectivity index is 1.80. The predicted molar refractivity (Wildman–Crippen MR) is 101 cm³/mol. The van der Waals surface area contributed by atoms with Crippen LogP contribution in [0.4, 0.5) is 0 Å². The van der Waals surface area contributed by atoms with Crippen LogP contribution >= 0.6 is 11.3 Å². The quantitative estimate of drug-likeness (QED) is 0.719. The van der Waals surface area contributed by atoms with Gasteiger partial charge in [-0.15, -0.1) is 11.3 Å². The minimum absolute atomic E-state index is 0.581. The molecule has 3 aromatic rings. The van der Waals surface area contributed by atoms with E-state index >= 15 is 0 Å². The first-order valence-corrected chi connectivity index (χ1v) is 8.98. The van der Waals surface area contributed by atoms with E-state index in [4.69, 9.17) is 15.5 Å². The van der Waals surface area contributed by atoms with Crippen LogP contribution in [-0.4, -0.2) is 11.5 Å². The van der Waals surface area contributed by atoms with E-state index in [-0.39, 0.29) is 0 Å². The molecule has 3 nitrogen and oxygen atoms in total. The largest absolute Gasteiger partial charge is 0.489 e. The van der Waals surface area contributed by atoms with Gasteiger partial charge < -0.3 is 10.5 Å². The molecule has 2 N–H and O–H groups in total. The number of hydrogen-bond acceptors (Lipinski definition) is 4. The molecule has 0 radical (unpaired) electrons. The maximum atomic E-state index is 6.00. The Morgan fingerprint density at radius 2 is 1.88 bits per heavy atom. The molecule has 4 heteroatoms. The lowest BCUT2D eigenvalue weighted by Crippen LogP contribution is -2.02. The van der Waals surface area contributed by atoms with Crippen molar-refractivity contribution in [1.29, 1.82) is 0 Å². The molecular formula is C20H22N2OS. The van der Waals surface area contributed by atoms with Gasteiger partial charge in [0.15, 0.2) is 0 Å². The highest BCUT2D eigenvalue weighted by atomic mass is 32.1. The van der Waals surface area contributed by atoms with Crippen molar-refractivity contribution in [3.8, 4) is 17.0 Å². The second-order valence-electron chi connectivity index (χ2n) is 5.87. The van der Waals surface area contributed by atoms with Gasteiger partial charge in [0, 0.05) is 17.4 Å². The molecule has 0 saturated heterocycles. The Bertz CT molecular complexity index is 812. The Kier molecular flexibility index (Phi) is 5.28. The van der Waals surface area contributed by atoms with Gasteiger partial charge in [-0.3, -0.25) is 0 Å². The monoisotopic (exact) mass is 338 g/mol. The maximum absolute atomic E-state index is 6.00. The van der Waals surface area contributed by atoms with Crippen LogP contribution in [0.15, 0.2) is 47.8 Å². The first-order valence-electron chi connectivity index (χ1n) is 8.10. The van der Waals surface area contributed by atoms with E-state index in [0.29, 0.717) is 13.2 Å². The summed E-state index contributed by atoms with van der Waals surface area (Å²) < 4.78 is 6.00. The molecule has 0 atom stereocenters. The summed E-state index contributed by atoms with van der Waals surface area (Å²) in [6.45, 7) is 5.40. The Morgan fingerprint density at radius 3 is 2.62 bits per heavy atom. The summed E-state index contributed by atoms with van der Waals surface area (Å²) >= 11 is 1.67. The van der Waals surface area contributed by atoms with Crippen molar-refractivity contribution in [3.05, 3.63) is 69.5 Å². The summed E-state index contributed by atoms with van der Waals surface area (Å²) in [7, 11) is 0. The van der Waals surface area contributed by atoms with Crippen LogP contribution in [0.25, 0.3) is 11.3 Å². The van der Waals surface area contributed by atoms with Crippen LogP contribution in [0.5, 0.6) is 5.75 Å². The van der Waals surface area contributed by atoms with Crippen LogP contribution in [0.2, 0.25) is 0 Å². The van der Waals surface area contributed by atoms with Gasteiger partial charge >= 0.3 is 0 Å². The first-order chi connectivity index (χ1) is 11.7. The van der Waals surface area contributed by atoms with Crippen molar-refractivity contribution in [2.24, 2.45) is 5.73 Å². The number of aromatic nitrogens is 1. The van der Waals surface area contributed by atoms with Gasteiger partial charge in [0.2, 0.25) is 0 Å².